The zero-order valence-electron chi connectivity index (χ0n) is 13.0. The van der Waals surface area contributed by atoms with Crippen LogP contribution < -0.4 is 0 Å². The molecule has 2 nitrogen and oxygen atoms in total. The molecule has 0 amide bonds. The second-order valence-corrected chi connectivity index (χ2v) is 5.65. The van der Waals surface area contributed by atoms with Crippen molar-refractivity contribution in [3.63, 3.8) is 0 Å². The summed E-state index contributed by atoms with van der Waals surface area (Å²) >= 11 is 0. The average Bonchev–Trinajstić information content (AvgIpc) is 2.38. The van der Waals surface area contributed by atoms with Gasteiger partial charge in [0.25, 0.3) is 0 Å². The van der Waals surface area contributed by atoms with Crippen LogP contribution in [0.1, 0.15) is 85.0 Å². The fraction of sp³-hybridized carbons (Fsp3) is 1.00. The van der Waals surface area contributed by atoms with Crippen LogP contribution in [-0.4, -0.2) is 24.3 Å². The Bertz CT molecular complexity index is 156. The highest BCUT2D eigenvalue weighted by Gasteiger charge is 2.12. The molecule has 0 unspecified atom stereocenters. The summed E-state index contributed by atoms with van der Waals surface area (Å²) in [6.45, 7) is 8.95. The molecule has 0 heterocycles. The van der Waals surface area contributed by atoms with Crippen LogP contribution >= 0.6 is 0 Å². The standard InChI is InChI=1S/C16H35NO/c1-4-7-9-11-13-15-17(18,6-3)16-14-12-10-8-5-2/h4-16H2,1-3H3. The second-order valence-electron chi connectivity index (χ2n) is 5.65. The highest BCUT2D eigenvalue weighted by atomic mass is 16.5. The van der Waals surface area contributed by atoms with Crippen LogP contribution in [0.3, 0.4) is 0 Å². The molecule has 0 aliphatic rings. The van der Waals surface area contributed by atoms with Gasteiger partial charge < -0.3 is 9.85 Å². The lowest BCUT2D eigenvalue weighted by atomic mass is 10.1. The van der Waals surface area contributed by atoms with E-state index in [0.717, 1.165) is 32.5 Å². The van der Waals surface area contributed by atoms with Crippen molar-refractivity contribution in [3.8, 4) is 0 Å². The van der Waals surface area contributed by atoms with E-state index in [1.54, 1.807) is 0 Å². The zero-order chi connectivity index (χ0) is 13.7. The Morgan fingerprint density at radius 2 is 1.00 bits per heavy atom. The number of unbranched alkanes of at least 4 members (excludes halogenated alkanes) is 8. The van der Waals surface area contributed by atoms with Crippen LogP contribution in [0.15, 0.2) is 0 Å². The van der Waals surface area contributed by atoms with E-state index in [1.807, 2.05) is 6.92 Å². The third-order valence-corrected chi connectivity index (χ3v) is 3.91. The van der Waals surface area contributed by atoms with Gasteiger partial charge in [0.1, 0.15) is 0 Å². The van der Waals surface area contributed by atoms with E-state index in [1.165, 1.54) is 51.4 Å². The van der Waals surface area contributed by atoms with Crippen LogP contribution in [0, 0.1) is 5.21 Å². The highest BCUT2D eigenvalue weighted by molar-refractivity contribution is 4.49. The molecule has 0 aromatic heterocycles. The number of hydroxylamine groups is 3. The quantitative estimate of drug-likeness (QED) is 0.251. The summed E-state index contributed by atoms with van der Waals surface area (Å²) in [4.78, 5) is 0. The third-order valence-electron chi connectivity index (χ3n) is 3.91. The van der Waals surface area contributed by atoms with Crippen LogP contribution in [-0.2, 0) is 0 Å². The molecule has 0 rings (SSSR count). The minimum absolute atomic E-state index is 0.0538. The molecule has 0 saturated heterocycles. The van der Waals surface area contributed by atoms with Crippen molar-refractivity contribution in [2.45, 2.75) is 85.0 Å². The summed E-state index contributed by atoms with van der Waals surface area (Å²) in [5.41, 5.74) is 0. The van der Waals surface area contributed by atoms with Crippen LogP contribution in [0.2, 0.25) is 0 Å². The first-order valence-electron chi connectivity index (χ1n) is 8.25. The lowest BCUT2D eigenvalue weighted by Gasteiger charge is -2.42. The molecular weight excluding hydrogens is 222 g/mol. The number of hydrogen-bond acceptors (Lipinski definition) is 1. The largest absolute Gasteiger partial charge is 0.633 e. The molecule has 0 aliphatic carbocycles. The zero-order valence-corrected chi connectivity index (χ0v) is 13.0. The summed E-state index contributed by atoms with van der Waals surface area (Å²) in [7, 11) is 0. The summed E-state index contributed by atoms with van der Waals surface area (Å²) in [6, 6.07) is 0. The number of nitrogens with zero attached hydrogens (tertiary/aromatic N) is 1. The summed E-state index contributed by atoms with van der Waals surface area (Å²) in [5.74, 6) is 0. The molecule has 0 aromatic carbocycles. The molecule has 110 valence electrons. The molecule has 0 spiro atoms. The Hall–Kier alpha value is -0.0800. The first-order valence-corrected chi connectivity index (χ1v) is 8.25. The first kappa shape index (κ1) is 17.9. The molecule has 0 atom stereocenters. The van der Waals surface area contributed by atoms with Crippen LogP contribution in [0.25, 0.3) is 0 Å². The smallest absolute Gasteiger partial charge is 0.0783 e. The van der Waals surface area contributed by atoms with Crippen molar-refractivity contribution in [2.24, 2.45) is 0 Å². The Morgan fingerprint density at radius 3 is 1.33 bits per heavy atom. The molecule has 18 heavy (non-hydrogen) atoms. The highest BCUT2D eigenvalue weighted by Crippen LogP contribution is 2.13. The topological polar surface area (TPSA) is 23.1 Å². The van der Waals surface area contributed by atoms with Gasteiger partial charge in [0.2, 0.25) is 0 Å². The number of hydrogen-bond donors (Lipinski definition) is 0. The Labute approximate surface area is 115 Å². The predicted octanol–water partition coefficient (Wildman–Crippen LogP) is 5.26. The molecule has 2 heteroatoms. The van der Waals surface area contributed by atoms with E-state index >= 15 is 0 Å². The van der Waals surface area contributed by atoms with Gasteiger partial charge in [-0.05, 0) is 32.6 Å². The van der Waals surface area contributed by atoms with Crippen LogP contribution in [0.5, 0.6) is 0 Å². The molecule has 0 radical (unpaired) electrons. The van der Waals surface area contributed by atoms with Gasteiger partial charge in [0.15, 0.2) is 0 Å². The van der Waals surface area contributed by atoms with Crippen molar-refractivity contribution in [3.05, 3.63) is 5.21 Å². The molecule has 0 fully saturated rings. The third kappa shape index (κ3) is 9.90. The van der Waals surface area contributed by atoms with E-state index in [-0.39, 0.29) is 4.65 Å². The van der Waals surface area contributed by atoms with Gasteiger partial charge in [-0.1, -0.05) is 52.4 Å². The fourth-order valence-corrected chi connectivity index (χ4v) is 2.44. The SMILES string of the molecule is CCCCCCC[N+]([O-])(CC)CCCCCCC. The Kier molecular flexibility index (Phi) is 11.9. The van der Waals surface area contributed by atoms with Gasteiger partial charge in [-0.25, -0.2) is 0 Å². The minimum Gasteiger partial charge on any atom is -0.633 e. The minimum atomic E-state index is 0.0538. The molecule has 0 aromatic rings. The number of rotatable bonds is 13. The van der Waals surface area contributed by atoms with Gasteiger partial charge in [-0.3, -0.25) is 0 Å². The molecule has 0 saturated carbocycles. The summed E-state index contributed by atoms with van der Waals surface area (Å²) in [5, 5.41) is 12.5. The van der Waals surface area contributed by atoms with E-state index < -0.39 is 0 Å². The number of quaternary nitrogens is 1. The van der Waals surface area contributed by atoms with Gasteiger partial charge in [0.05, 0.1) is 19.6 Å². The van der Waals surface area contributed by atoms with Crippen LogP contribution in [0.4, 0.5) is 0 Å². The van der Waals surface area contributed by atoms with E-state index in [4.69, 9.17) is 0 Å². The monoisotopic (exact) mass is 257 g/mol. The lowest BCUT2D eigenvalue weighted by Crippen LogP contribution is -2.43. The molecule has 0 N–H and O–H groups in total. The maximum Gasteiger partial charge on any atom is 0.0783 e. The normalized spacial score (nSPS) is 12.0. The first-order chi connectivity index (χ1) is 8.68. The molecule has 0 aliphatic heterocycles. The van der Waals surface area contributed by atoms with Gasteiger partial charge in [-0.15, -0.1) is 0 Å². The van der Waals surface area contributed by atoms with Crippen molar-refractivity contribution in [1.29, 1.82) is 0 Å². The van der Waals surface area contributed by atoms with Crippen molar-refractivity contribution < 1.29 is 4.65 Å². The molecule has 0 bridgehead atoms. The Morgan fingerprint density at radius 1 is 0.611 bits per heavy atom. The van der Waals surface area contributed by atoms with Gasteiger partial charge in [0, 0.05) is 0 Å². The van der Waals surface area contributed by atoms with Crippen molar-refractivity contribution in [2.75, 3.05) is 19.6 Å². The molecular formula is C16H35NO. The van der Waals surface area contributed by atoms with E-state index in [2.05, 4.69) is 13.8 Å². The van der Waals surface area contributed by atoms with Crippen molar-refractivity contribution in [1.82, 2.24) is 0 Å². The van der Waals surface area contributed by atoms with E-state index in [9.17, 15) is 5.21 Å². The van der Waals surface area contributed by atoms with E-state index in [0.29, 0.717) is 0 Å². The summed E-state index contributed by atoms with van der Waals surface area (Å²) < 4.78 is 0.0538. The summed E-state index contributed by atoms with van der Waals surface area (Å²) in [6.07, 6.45) is 12.5. The van der Waals surface area contributed by atoms with Crippen molar-refractivity contribution >= 4 is 0 Å². The average molecular weight is 257 g/mol. The maximum atomic E-state index is 12.5. The van der Waals surface area contributed by atoms with Gasteiger partial charge in [-0.2, -0.15) is 0 Å². The Balaban J connectivity index is 3.60. The lowest BCUT2D eigenvalue weighted by molar-refractivity contribution is -0.879. The van der Waals surface area contributed by atoms with Gasteiger partial charge >= 0.3 is 0 Å². The fourth-order valence-electron chi connectivity index (χ4n) is 2.44. The predicted molar refractivity (Wildman–Crippen MR) is 81.4 cm³/mol. The second kappa shape index (κ2) is 12.0. The maximum absolute atomic E-state index is 12.5.